The monoisotopic (exact) mass is 364 g/mol. The van der Waals surface area contributed by atoms with E-state index in [2.05, 4.69) is 24.1 Å². The van der Waals surface area contributed by atoms with Gasteiger partial charge in [0.05, 0.1) is 6.54 Å². The van der Waals surface area contributed by atoms with Crippen molar-refractivity contribution in [2.75, 3.05) is 12.3 Å². The van der Waals surface area contributed by atoms with Crippen molar-refractivity contribution >= 4 is 23.7 Å². The van der Waals surface area contributed by atoms with Gasteiger partial charge in [0.25, 0.3) is 0 Å². The smallest absolute Gasteiger partial charge is 0.0596 e. The summed E-state index contributed by atoms with van der Waals surface area (Å²) in [5.74, 6) is 0. The predicted octanol–water partition coefficient (Wildman–Crippen LogP) is 5.25. The molecule has 0 atom stereocenters. The van der Waals surface area contributed by atoms with Crippen LogP contribution in [0.1, 0.15) is 64.0 Å². The number of allylic oxidation sites excluding steroid dienone is 5. The number of anilines is 1. The average molecular weight is 365 g/mol. The Labute approximate surface area is 163 Å². The van der Waals surface area contributed by atoms with Crippen molar-refractivity contribution in [1.29, 1.82) is 5.41 Å². The van der Waals surface area contributed by atoms with Crippen molar-refractivity contribution in [2.24, 2.45) is 10.7 Å². The number of benzene rings is 1. The second-order valence-electron chi connectivity index (χ2n) is 7.23. The summed E-state index contributed by atoms with van der Waals surface area (Å²) < 4.78 is 0. The van der Waals surface area contributed by atoms with E-state index in [1.165, 1.54) is 35.8 Å². The number of rotatable bonds is 7. The molecule has 0 saturated carbocycles. The first-order valence-corrected chi connectivity index (χ1v) is 9.65. The molecule has 0 aromatic heterocycles. The predicted molar refractivity (Wildman–Crippen MR) is 118 cm³/mol. The molecular formula is C23H32N4. The molecule has 27 heavy (non-hydrogen) atoms. The first-order chi connectivity index (χ1) is 13.0. The van der Waals surface area contributed by atoms with Crippen LogP contribution in [0.3, 0.4) is 0 Å². The lowest BCUT2D eigenvalue weighted by molar-refractivity contribution is 0.702. The summed E-state index contributed by atoms with van der Waals surface area (Å²) in [4.78, 5) is 4.56. The molecular weight excluding hydrogens is 332 g/mol. The average Bonchev–Trinajstić information content (AvgIpc) is 2.67. The van der Waals surface area contributed by atoms with Crippen LogP contribution < -0.4 is 11.5 Å². The van der Waals surface area contributed by atoms with Gasteiger partial charge in [-0.05, 0) is 75.7 Å². The Hall–Kier alpha value is -2.62. The molecule has 1 aliphatic carbocycles. The number of nitrogens with two attached hydrogens (primary N) is 2. The van der Waals surface area contributed by atoms with Crippen LogP contribution in [-0.4, -0.2) is 19.0 Å². The molecule has 0 fully saturated rings. The van der Waals surface area contributed by atoms with Gasteiger partial charge in [-0.2, -0.15) is 0 Å². The zero-order valence-corrected chi connectivity index (χ0v) is 16.8. The highest BCUT2D eigenvalue weighted by atomic mass is 14.7. The van der Waals surface area contributed by atoms with Crippen molar-refractivity contribution in [1.82, 2.24) is 0 Å². The quantitative estimate of drug-likeness (QED) is 0.350. The molecule has 1 aromatic carbocycles. The van der Waals surface area contributed by atoms with Crippen molar-refractivity contribution < 1.29 is 0 Å². The lowest BCUT2D eigenvalue weighted by Gasteiger charge is -2.23. The summed E-state index contributed by atoms with van der Waals surface area (Å²) in [6.07, 6.45) is 10.6. The van der Waals surface area contributed by atoms with E-state index in [9.17, 15) is 0 Å². The van der Waals surface area contributed by atoms with Crippen LogP contribution in [0.5, 0.6) is 0 Å². The van der Waals surface area contributed by atoms with Gasteiger partial charge in [0.15, 0.2) is 0 Å². The van der Waals surface area contributed by atoms with E-state index in [1.807, 2.05) is 32.2 Å². The fraction of sp³-hybridized carbons (Fsp3) is 0.391. The molecule has 0 saturated heterocycles. The van der Waals surface area contributed by atoms with Gasteiger partial charge in [0.2, 0.25) is 0 Å². The van der Waals surface area contributed by atoms with Crippen molar-refractivity contribution in [2.45, 2.75) is 52.9 Å². The van der Waals surface area contributed by atoms with Gasteiger partial charge in [-0.15, -0.1) is 0 Å². The van der Waals surface area contributed by atoms with Crippen LogP contribution in [0.4, 0.5) is 5.69 Å². The highest BCUT2D eigenvalue weighted by molar-refractivity contribution is 5.93. The van der Waals surface area contributed by atoms with Crippen LogP contribution in [0.2, 0.25) is 0 Å². The fourth-order valence-electron chi connectivity index (χ4n) is 3.40. The van der Waals surface area contributed by atoms with Gasteiger partial charge in [0.1, 0.15) is 0 Å². The first kappa shape index (κ1) is 20.7. The molecule has 5 N–H and O–H groups in total. The SMILES string of the molecule is C/C=C(\C)CN=C/C(CC1=C(c2cccc(N)c2C=N)CCCC1)=C(/C)N. The van der Waals surface area contributed by atoms with Crippen LogP contribution in [-0.2, 0) is 0 Å². The Balaban J connectivity index is 2.39. The van der Waals surface area contributed by atoms with Crippen molar-refractivity contribution in [3.8, 4) is 0 Å². The van der Waals surface area contributed by atoms with E-state index in [0.29, 0.717) is 12.2 Å². The Morgan fingerprint density at radius 2 is 1.96 bits per heavy atom. The lowest BCUT2D eigenvalue weighted by Crippen LogP contribution is -2.08. The highest BCUT2D eigenvalue weighted by Gasteiger charge is 2.18. The maximum atomic E-state index is 7.79. The number of hydrogen-bond donors (Lipinski definition) is 3. The third-order valence-corrected chi connectivity index (χ3v) is 5.18. The zero-order chi connectivity index (χ0) is 19.8. The summed E-state index contributed by atoms with van der Waals surface area (Å²) >= 11 is 0. The molecule has 4 heteroatoms. The number of nitrogens with zero attached hydrogens (tertiary/aromatic N) is 1. The second-order valence-corrected chi connectivity index (χ2v) is 7.23. The third-order valence-electron chi connectivity index (χ3n) is 5.18. The Morgan fingerprint density at radius 3 is 2.63 bits per heavy atom. The maximum Gasteiger partial charge on any atom is 0.0596 e. The molecule has 0 radical (unpaired) electrons. The van der Waals surface area contributed by atoms with Gasteiger partial charge in [-0.1, -0.05) is 29.4 Å². The van der Waals surface area contributed by atoms with Gasteiger partial charge >= 0.3 is 0 Å². The minimum Gasteiger partial charge on any atom is -0.402 e. The topological polar surface area (TPSA) is 88.2 Å². The number of nitrogens with one attached hydrogen (secondary N) is 1. The van der Waals surface area contributed by atoms with Gasteiger partial charge in [0, 0.05) is 29.4 Å². The minimum atomic E-state index is 0.661. The maximum absolute atomic E-state index is 7.79. The van der Waals surface area contributed by atoms with E-state index in [1.54, 1.807) is 0 Å². The second kappa shape index (κ2) is 9.91. The lowest BCUT2D eigenvalue weighted by atomic mass is 9.82. The molecule has 144 valence electrons. The molecule has 0 spiro atoms. The van der Waals surface area contributed by atoms with E-state index in [-0.39, 0.29) is 0 Å². The van der Waals surface area contributed by atoms with Crippen LogP contribution in [0.15, 0.2) is 51.7 Å². The standard InChI is InChI=1S/C23H32N4/c1-4-16(2)14-27-15-19(17(3)25)12-18-8-5-6-9-20(18)21-10-7-11-23(26)22(21)13-24/h4,7,10-11,13,15,24H,5-6,8-9,12,14,25-26H2,1-3H3/b16-4+,19-17-,24-13?,27-15?. The molecule has 0 heterocycles. The van der Waals surface area contributed by atoms with E-state index < -0.39 is 0 Å². The van der Waals surface area contributed by atoms with Gasteiger partial charge < -0.3 is 16.9 Å². The highest BCUT2D eigenvalue weighted by Crippen LogP contribution is 2.37. The van der Waals surface area contributed by atoms with E-state index >= 15 is 0 Å². The van der Waals surface area contributed by atoms with Gasteiger partial charge in [-0.25, -0.2) is 0 Å². The van der Waals surface area contributed by atoms with Crippen LogP contribution in [0.25, 0.3) is 5.57 Å². The molecule has 0 unspecified atom stereocenters. The normalized spacial score (nSPS) is 16.6. The van der Waals surface area contributed by atoms with E-state index in [4.69, 9.17) is 16.9 Å². The molecule has 1 aromatic rings. The van der Waals surface area contributed by atoms with Crippen molar-refractivity contribution in [3.63, 3.8) is 0 Å². The third kappa shape index (κ3) is 5.43. The molecule has 4 nitrogen and oxygen atoms in total. The summed E-state index contributed by atoms with van der Waals surface area (Å²) in [5, 5.41) is 7.79. The summed E-state index contributed by atoms with van der Waals surface area (Å²) in [6, 6.07) is 5.92. The number of aliphatic imine (C=N–C) groups is 1. The molecule has 0 amide bonds. The molecule has 2 rings (SSSR count). The molecule has 1 aliphatic rings. The molecule has 0 bridgehead atoms. The Kier molecular flexibility index (Phi) is 7.59. The summed E-state index contributed by atoms with van der Waals surface area (Å²) in [6.45, 7) is 6.75. The minimum absolute atomic E-state index is 0.661. The van der Waals surface area contributed by atoms with Crippen molar-refractivity contribution in [3.05, 3.63) is 57.8 Å². The zero-order valence-electron chi connectivity index (χ0n) is 16.8. The van der Waals surface area contributed by atoms with Crippen LogP contribution >= 0.6 is 0 Å². The van der Waals surface area contributed by atoms with Gasteiger partial charge in [-0.3, -0.25) is 4.99 Å². The largest absolute Gasteiger partial charge is 0.402 e. The Bertz CT molecular complexity index is 806. The number of hydrogen-bond acceptors (Lipinski definition) is 4. The summed E-state index contributed by atoms with van der Waals surface area (Å²) in [7, 11) is 0. The Morgan fingerprint density at radius 1 is 1.22 bits per heavy atom. The first-order valence-electron chi connectivity index (χ1n) is 9.65. The van der Waals surface area contributed by atoms with Crippen LogP contribution in [0, 0.1) is 5.41 Å². The number of nitrogen functional groups attached to an aromatic ring is 1. The molecule has 0 aliphatic heterocycles. The fourth-order valence-corrected chi connectivity index (χ4v) is 3.40. The van der Waals surface area contributed by atoms with E-state index in [0.717, 1.165) is 41.7 Å². The summed E-state index contributed by atoms with van der Waals surface area (Å²) in [5.41, 5.74) is 20.7.